The van der Waals surface area contributed by atoms with Gasteiger partial charge in [0.2, 0.25) is 0 Å². The lowest BCUT2D eigenvalue weighted by molar-refractivity contribution is 0.0939. The molecule has 6 fully saturated rings. The van der Waals surface area contributed by atoms with Gasteiger partial charge in [0.1, 0.15) is 12.0 Å². The monoisotopic (exact) mass is 1270 g/mol. The van der Waals surface area contributed by atoms with Gasteiger partial charge in [-0.25, -0.2) is 22.8 Å². The summed E-state index contributed by atoms with van der Waals surface area (Å²) in [7, 11) is 4.08. The first kappa shape index (κ1) is 63.1. The number of aromatic nitrogens is 9. The van der Waals surface area contributed by atoms with Gasteiger partial charge in [0, 0.05) is 110 Å². The Bertz CT molecular complexity index is 4200. The van der Waals surface area contributed by atoms with Gasteiger partial charge in [-0.2, -0.15) is 15.3 Å². The Morgan fingerprint density at radius 1 is 0.489 bits per heavy atom. The number of likely N-dealkylation sites (N-methyl/N-ethyl adjacent to an activating group) is 1. The summed E-state index contributed by atoms with van der Waals surface area (Å²) in [6, 6.07) is 21.3. The van der Waals surface area contributed by atoms with Gasteiger partial charge in [-0.05, 0) is 187 Å². The predicted molar refractivity (Wildman–Crippen MR) is 361 cm³/mol. The number of anilines is 3. The fourth-order valence-electron chi connectivity index (χ4n) is 11.7. The highest BCUT2D eigenvalue weighted by molar-refractivity contribution is 5.98. The molecule has 15 rings (SSSR count). The molecule has 9 aromatic rings. The van der Waals surface area contributed by atoms with Gasteiger partial charge in [0.05, 0.1) is 102 Å². The van der Waals surface area contributed by atoms with Gasteiger partial charge in [0.25, 0.3) is 17.7 Å². The highest BCUT2D eigenvalue weighted by Gasteiger charge is 2.30. The van der Waals surface area contributed by atoms with Crippen LogP contribution in [0.15, 0.2) is 141 Å². The molecule has 4 saturated carbocycles. The van der Waals surface area contributed by atoms with Crippen LogP contribution in [0, 0.1) is 32.5 Å². The number of carbonyl (C=O) groups excluding carboxylic acids is 3. The Morgan fingerprint density at radius 2 is 0.968 bits per heavy atom. The maximum absolute atomic E-state index is 14.5. The standard InChI is InChI=1S/C25H28F2N6O.C24H28N6O.C23H25N5O/c1-15-7-22(26)21(25(34)31-17-3-4-17)9-20(15)16-10-29-33(13-16)19-8-18(11-28-12-19)30-24-5-6-32(2)14-23(24)27;1-17-3-4-18(24(31)27-20-5-6-20)11-23(17)19-13-26-30(16-19)22-12-21(14-25-15-22)29-9-7-28(2)8-10-29;1-15-2-5-17(23(29)27-19-6-7-19)8-22(15)18-11-26-28(14-18)21-9-20(12-24-13-21)25-10-16-3-4-16/h7-13,17,23-24,30H,3-6,14H2,1-2H3,(H,31,34);3-4,11-16,20H,5-10H2,1-2H3,(H,27,31);2,5,8-9,11-14,16,19,25H,3-4,6-7,10H2,1H3,(H,27,29)/t23-,24+;;/m0../s1. The number of pyridine rings is 3. The van der Waals surface area contributed by atoms with E-state index in [2.05, 4.69) is 99.7 Å². The van der Waals surface area contributed by atoms with Crippen LogP contribution in [0.4, 0.5) is 25.8 Å². The zero-order valence-corrected chi connectivity index (χ0v) is 53.9. The minimum Gasteiger partial charge on any atom is -0.383 e. The Labute approximate surface area is 546 Å². The van der Waals surface area contributed by atoms with Crippen LogP contribution in [-0.2, 0) is 0 Å². The van der Waals surface area contributed by atoms with E-state index in [1.165, 1.54) is 18.9 Å². The first-order valence-electron chi connectivity index (χ1n) is 32.8. The number of hydrogen-bond acceptors (Lipinski definition) is 14. The van der Waals surface area contributed by atoms with Crippen molar-refractivity contribution in [1.82, 2.24) is 70.0 Å². The summed E-state index contributed by atoms with van der Waals surface area (Å²) in [5.41, 5.74) is 15.3. The van der Waals surface area contributed by atoms with Crippen molar-refractivity contribution >= 4 is 34.8 Å². The first-order valence-corrected chi connectivity index (χ1v) is 32.8. The van der Waals surface area contributed by atoms with E-state index in [0.29, 0.717) is 47.4 Å². The van der Waals surface area contributed by atoms with Crippen LogP contribution in [0.25, 0.3) is 50.4 Å². The molecule has 94 heavy (non-hydrogen) atoms. The molecule has 0 radical (unpaired) electrons. The summed E-state index contributed by atoms with van der Waals surface area (Å²) in [5, 5.41) is 29.2. The molecule has 20 nitrogen and oxygen atoms in total. The number of amides is 3. The molecule has 0 unspecified atom stereocenters. The number of halogens is 2. The number of carbonyl (C=O) groups is 3. The van der Waals surface area contributed by atoms with Crippen molar-refractivity contribution in [1.29, 1.82) is 0 Å². The molecule has 4 aliphatic carbocycles. The highest BCUT2D eigenvalue weighted by Crippen LogP contribution is 2.33. The summed E-state index contributed by atoms with van der Waals surface area (Å²) < 4.78 is 34.3. The van der Waals surface area contributed by atoms with Crippen molar-refractivity contribution in [3.05, 3.63) is 180 Å². The molecule has 2 saturated heterocycles. The smallest absolute Gasteiger partial charge is 0.254 e. The van der Waals surface area contributed by atoms with E-state index in [0.717, 1.165) is 157 Å². The van der Waals surface area contributed by atoms with Gasteiger partial charge < -0.3 is 41.3 Å². The number of alkyl halides is 1. The maximum Gasteiger partial charge on any atom is 0.254 e. The minimum atomic E-state index is -0.952. The van der Waals surface area contributed by atoms with E-state index in [-0.39, 0.29) is 29.5 Å². The summed E-state index contributed by atoms with van der Waals surface area (Å²) >= 11 is 0. The van der Waals surface area contributed by atoms with Crippen LogP contribution in [-0.4, -0.2) is 162 Å². The lowest BCUT2D eigenvalue weighted by Gasteiger charge is -2.33. The van der Waals surface area contributed by atoms with E-state index < -0.39 is 17.9 Å². The van der Waals surface area contributed by atoms with Crippen LogP contribution < -0.4 is 31.5 Å². The van der Waals surface area contributed by atoms with Crippen molar-refractivity contribution < 1.29 is 23.2 Å². The average Bonchev–Trinajstić information content (AvgIpc) is 1.60. The topological polar surface area (TPSA) is 213 Å². The number of hydrogen-bond donors (Lipinski definition) is 5. The molecule has 8 heterocycles. The minimum absolute atomic E-state index is 0.000203. The lowest BCUT2D eigenvalue weighted by atomic mass is 9.99. The van der Waals surface area contributed by atoms with Crippen molar-refractivity contribution in [3.8, 4) is 50.4 Å². The van der Waals surface area contributed by atoms with Crippen LogP contribution in [0.1, 0.15) is 106 Å². The van der Waals surface area contributed by atoms with Gasteiger partial charge >= 0.3 is 0 Å². The Hall–Kier alpha value is -9.67. The summed E-state index contributed by atoms with van der Waals surface area (Å²) in [6.07, 6.45) is 30.6. The van der Waals surface area contributed by atoms with E-state index in [1.54, 1.807) is 36.3 Å². The van der Waals surface area contributed by atoms with Crippen molar-refractivity contribution in [2.75, 3.05) is 75.4 Å². The number of likely N-dealkylation sites (tertiary alicyclic amines) is 1. The fourth-order valence-corrected chi connectivity index (χ4v) is 11.7. The quantitative estimate of drug-likeness (QED) is 0.0541. The van der Waals surface area contributed by atoms with Crippen LogP contribution >= 0.6 is 0 Å². The molecule has 6 aliphatic rings. The third kappa shape index (κ3) is 15.9. The number of rotatable bonds is 18. The molecule has 2 atom stereocenters. The predicted octanol–water partition coefficient (Wildman–Crippen LogP) is 10.6. The first-order chi connectivity index (χ1) is 45.6. The fraction of sp³-hybridized carbons (Fsp3) is 0.375. The molecule has 486 valence electrons. The van der Waals surface area contributed by atoms with Crippen molar-refractivity contribution in [2.45, 2.75) is 109 Å². The molecule has 22 heteroatoms. The van der Waals surface area contributed by atoms with Crippen molar-refractivity contribution in [3.63, 3.8) is 0 Å². The average molecular weight is 1270 g/mol. The van der Waals surface area contributed by atoms with E-state index >= 15 is 0 Å². The zero-order chi connectivity index (χ0) is 65.0. The van der Waals surface area contributed by atoms with Crippen molar-refractivity contribution in [2.24, 2.45) is 5.92 Å². The Balaban J connectivity index is 0.000000128. The summed E-state index contributed by atoms with van der Waals surface area (Å²) in [6.45, 7) is 12.3. The normalized spacial score (nSPS) is 18.1. The zero-order valence-electron chi connectivity index (χ0n) is 53.9. The van der Waals surface area contributed by atoms with Gasteiger partial charge in [-0.1, -0.05) is 12.1 Å². The Kier molecular flexibility index (Phi) is 18.7. The number of nitrogens with zero attached hydrogens (tertiary/aromatic N) is 12. The Morgan fingerprint density at radius 3 is 1.49 bits per heavy atom. The maximum atomic E-state index is 14.5. The summed E-state index contributed by atoms with van der Waals surface area (Å²) in [5.74, 6) is -0.117. The van der Waals surface area contributed by atoms with E-state index in [1.807, 2.05) is 120 Å². The second-order valence-electron chi connectivity index (χ2n) is 26.2. The SMILES string of the molecule is Cc1cc(F)c(C(=O)NC2CC2)cc1-c1cnn(-c2cncc(N[C@@H]3CCN(C)C[C@@H]3F)c2)c1.Cc1ccc(C(=O)NC2CC2)cc1-c1cnn(-c2cncc(N3CCN(C)CC3)c2)c1.Cc1ccc(C(=O)NC2CC2)cc1-c1cnn(-c2cncc(NCC3CC3)c2)c1. The highest BCUT2D eigenvalue weighted by atomic mass is 19.1. The molecule has 2 aliphatic heterocycles. The number of nitrogens with one attached hydrogen (secondary N) is 5. The molecule has 6 aromatic heterocycles. The van der Waals surface area contributed by atoms with Crippen LogP contribution in [0.3, 0.4) is 0 Å². The lowest BCUT2D eigenvalue weighted by Crippen LogP contribution is -2.46. The molecular formula is C72H81F2N17O3. The largest absolute Gasteiger partial charge is 0.383 e. The second kappa shape index (κ2) is 27.9. The molecule has 5 N–H and O–H groups in total. The van der Waals surface area contributed by atoms with E-state index in [4.69, 9.17) is 0 Å². The van der Waals surface area contributed by atoms with Gasteiger partial charge in [-0.15, -0.1) is 0 Å². The third-order valence-corrected chi connectivity index (χ3v) is 18.2. The van der Waals surface area contributed by atoms with Crippen LogP contribution in [0.5, 0.6) is 0 Å². The molecule has 0 bridgehead atoms. The molecule has 3 aromatic carbocycles. The molecular weight excluding hydrogens is 1190 g/mol. The number of aryl methyl sites for hydroxylation is 3. The number of piperidine rings is 1. The number of benzene rings is 3. The number of piperazine rings is 1. The van der Waals surface area contributed by atoms with E-state index in [9.17, 15) is 23.2 Å². The summed E-state index contributed by atoms with van der Waals surface area (Å²) in [4.78, 5) is 57.2. The molecule has 3 amide bonds. The van der Waals surface area contributed by atoms with Gasteiger partial charge in [-0.3, -0.25) is 29.3 Å². The third-order valence-electron chi connectivity index (χ3n) is 18.2. The van der Waals surface area contributed by atoms with Gasteiger partial charge in [0.15, 0.2) is 0 Å². The second-order valence-corrected chi connectivity index (χ2v) is 26.2. The van der Waals surface area contributed by atoms with Crippen LogP contribution in [0.2, 0.25) is 0 Å². The molecule has 0 spiro atoms.